The lowest BCUT2D eigenvalue weighted by molar-refractivity contribution is 0.154. The Kier molecular flexibility index (Phi) is 4.53. The minimum Gasteiger partial charge on any atom is -0.391 e. The van der Waals surface area contributed by atoms with Crippen LogP contribution < -0.4 is 5.69 Å². The first-order chi connectivity index (χ1) is 7.58. The molecule has 82 valence electrons. The van der Waals surface area contributed by atoms with E-state index in [0.717, 1.165) is 0 Å². The van der Waals surface area contributed by atoms with E-state index in [4.69, 9.17) is 31.2 Å². The maximum Gasteiger partial charge on any atom is 0.326 e. The summed E-state index contributed by atoms with van der Waals surface area (Å²) in [6, 6.07) is -0.399. The molecule has 0 aliphatic carbocycles. The monoisotopic (exact) mass is 234 g/mol. The molecule has 0 unspecified atom stereocenters. The van der Waals surface area contributed by atoms with Crippen molar-refractivity contribution >= 4 is 20.1 Å². The maximum atomic E-state index is 11.5. The van der Waals surface area contributed by atoms with Gasteiger partial charge in [0, 0.05) is 25.9 Å². The van der Waals surface area contributed by atoms with Crippen molar-refractivity contribution in [1.29, 1.82) is 0 Å². The van der Waals surface area contributed by atoms with Gasteiger partial charge < -0.3 is 4.74 Å². The van der Waals surface area contributed by atoms with Gasteiger partial charge in [-0.3, -0.25) is 9.55 Å². The Bertz CT molecular complexity index is 515. The molecule has 1 aromatic heterocycles. The molecule has 1 N–H and O–H groups in total. The second-order valence-electron chi connectivity index (χ2n) is 3.20. The number of ether oxygens (including phenoxy) is 1. The lowest BCUT2D eigenvalue weighted by Gasteiger charge is -2.11. The van der Waals surface area contributed by atoms with Crippen molar-refractivity contribution in [2.24, 2.45) is 0 Å². The molecule has 0 saturated carbocycles. The first-order valence-corrected chi connectivity index (χ1v) is 5.08. The summed E-state index contributed by atoms with van der Waals surface area (Å²) in [5.41, 5.74) is 0.188. The Hall–Kier alpha value is -1.32. The molecule has 1 rings (SSSR count). The number of aryl methyl sites for hydroxylation is 1. The molecule has 2 radical (unpaired) electrons. The average Bonchev–Trinajstić information content (AvgIpc) is 2.27. The van der Waals surface area contributed by atoms with Crippen molar-refractivity contribution in [2.45, 2.75) is 19.0 Å². The van der Waals surface area contributed by atoms with Crippen LogP contribution in [-0.4, -0.2) is 30.5 Å². The van der Waals surface area contributed by atoms with Crippen LogP contribution in [0.2, 0.25) is 0 Å². The van der Waals surface area contributed by atoms with E-state index < -0.39 is 6.00 Å². The third kappa shape index (κ3) is 3.09. The molecule has 0 aromatic carbocycles. The van der Waals surface area contributed by atoms with Gasteiger partial charge in [-0.25, -0.2) is 4.79 Å². The van der Waals surface area contributed by atoms with Crippen molar-refractivity contribution in [3.8, 4) is 12.3 Å². The maximum absolute atomic E-state index is 11.5. The van der Waals surface area contributed by atoms with Crippen LogP contribution in [0.15, 0.2) is 11.0 Å². The molecule has 1 heterocycles. The first kappa shape index (κ1) is 12.8. The number of aromatic amines is 1. The number of hydrogen-bond donors (Lipinski definition) is 1. The number of nitrogens with zero attached hydrogens (tertiary/aromatic N) is 1. The van der Waals surface area contributed by atoms with Crippen molar-refractivity contribution in [1.82, 2.24) is 9.55 Å². The molecule has 0 spiro atoms. The highest BCUT2D eigenvalue weighted by atomic mass is 32.1. The second kappa shape index (κ2) is 5.68. The first-order valence-electron chi connectivity index (χ1n) is 4.67. The summed E-state index contributed by atoms with van der Waals surface area (Å²) in [7, 11) is 7.08. The van der Waals surface area contributed by atoms with Gasteiger partial charge in [0.2, 0.25) is 0 Å². The fourth-order valence-electron chi connectivity index (χ4n) is 1.16. The summed E-state index contributed by atoms with van der Waals surface area (Å²) in [6.07, 6.45) is 7.31. The van der Waals surface area contributed by atoms with Gasteiger partial charge in [-0.15, -0.1) is 6.42 Å². The Balaban J connectivity index is 2.94. The van der Waals surface area contributed by atoms with Crippen LogP contribution in [-0.2, 0) is 11.3 Å². The molecular weight excluding hydrogens is 223 g/mol. The molecule has 6 heteroatoms. The largest absolute Gasteiger partial charge is 0.391 e. The van der Waals surface area contributed by atoms with Gasteiger partial charge in [0.15, 0.2) is 0 Å². The summed E-state index contributed by atoms with van der Waals surface area (Å²) in [4.78, 5) is 14.0. The van der Waals surface area contributed by atoms with Crippen molar-refractivity contribution < 1.29 is 4.74 Å². The summed E-state index contributed by atoms with van der Waals surface area (Å²) < 4.78 is 6.60. The van der Waals surface area contributed by atoms with Gasteiger partial charge in [-0.2, -0.15) is 0 Å². The minimum atomic E-state index is -0.399. The van der Waals surface area contributed by atoms with E-state index >= 15 is 0 Å². The van der Waals surface area contributed by atoms with Crippen LogP contribution in [0.5, 0.6) is 0 Å². The normalized spacial score (nSPS) is 12.0. The van der Waals surface area contributed by atoms with Crippen LogP contribution in [0.1, 0.15) is 12.0 Å². The fraction of sp³-hybridized carbons (Fsp3) is 0.400. The molecule has 1 atom stereocenters. The predicted molar refractivity (Wildman–Crippen MR) is 65.0 cm³/mol. The topological polar surface area (TPSA) is 47.0 Å². The molecule has 1 aromatic rings. The average molecular weight is 234 g/mol. The zero-order chi connectivity index (χ0) is 12.1. The summed E-state index contributed by atoms with van der Waals surface area (Å²) in [6.45, 7) is 0.425. The van der Waals surface area contributed by atoms with Gasteiger partial charge in [0.25, 0.3) is 0 Å². The highest BCUT2D eigenvalue weighted by Gasteiger charge is 2.03. The second-order valence-corrected chi connectivity index (χ2v) is 3.61. The van der Waals surface area contributed by atoms with Gasteiger partial charge in [0.05, 0.1) is 5.56 Å². The van der Waals surface area contributed by atoms with Gasteiger partial charge >= 0.3 is 5.69 Å². The lowest BCUT2D eigenvalue weighted by Crippen LogP contribution is -2.25. The van der Waals surface area contributed by atoms with Crippen LogP contribution in [0.4, 0.5) is 0 Å². The Morgan fingerprint density at radius 1 is 1.81 bits per heavy atom. The smallest absolute Gasteiger partial charge is 0.326 e. The number of aromatic nitrogens is 2. The number of H-pyrrole nitrogens is 1. The summed E-state index contributed by atoms with van der Waals surface area (Å²) >= 11 is 4.90. The van der Waals surface area contributed by atoms with Gasteiger partial charge in [-0.1, -0.05) is 18.1 Å². The number of hydrogen-bond acceptors (Lipinski definition) is 3. The summed E-state index contributed by atoms with van der Waals surface area (Å²) in [5, 5.41) is 0. The highest BCUT2D eigenvalue weighted by Crippen LogP contribution is 1.98. The number of terminal acetylenes is 1. The SMILES string of the molecule is [B][C@H](CCn1cc(C#C)c(=S)[nH]c1=O)OC. The molecule has 0 fully saturated rings. The van der Waals surface area contributed by atoms with E-state index in [9.17, 15) is 4.79 Å². The van der Waals surface area contributed by atoms with Crippen LogP contribution >= 0.6 is 12.2 Å². The van der Waals surface area contributed by atoms with Crippen LogP contribution in [0.25, 0.3) is 0 Å². The summed E-state index contributed by atoms with van der Waals surface area (Å²) in [5.74, 6) is 2.41. The molecular formula is C10H11BN2O2S. The minimum absolute atomic E-state index is 0.278. The van der Waals surface area contributed by atoms with Crippen molar-refractivity contribution in [2.75, 3.05) is 7.11 Å². The zero-order valence-electron chi connectivity index (χ0n) is 8.90. The van der Waals surface area contributed by atoms with Gasteiger partial charge in [-0.05, 0) is 6.42 Å². The van der Waals surface area contributed by atoms with Crippen LogP contribution in [0, 0.1) is 17.0 Å². The van der Waals surface area contributed by atoms with E-state index in [1.807, 2.05) is 0 Å². The number of nitrogens with one attached hydrogen (secondary N) is 1. The Morgan fingerprint density at radius 3 is 3.06 bits per heavy atom. The third-order valence-corrected chi connectivity index (χ3v) is 2.45. The van der Waals surface area contributed by atoms with E-state index in [0.29, 0.717) is 18.5 Å². The lowest BCUT2D eigenvalue weighted by atomic mass is 9.97. The highest BCUT2D eigenvalue weighted by molar-refractivity contribution is 7.71. The molecule has 0 amide bonds. The number of rotatable bonds is 4. The fourth-order valence-corrected chi connectivity index (χ4v) is 1.36. The van der Waals surface area contributed by atoms with Crippen molar-refractivity contribution in [3.05, 3.63) is 26.9 Å². The molecule has 16 heavy (non-hydrogen) atoms. The van der Waals surface area contributed by atoms with E-state index in [-0.39, 0.29) is 10.3 Å². The predicted octanol–water partition coefficient (Wildman–Crippen LogP) is 0.418. The van der Waals surface area contributed by atoms with E-state index in [1.165, 1.54) is 11.7 Å². The van der Waals surface area contributed by atoms with Crippen molar-refractivity contribution in [3.63, 3.8) is 0 Å². The van der Waals surface area contributed by atoms with Gasteiger partial charge in [0.1, 0.15) is 12.5 Å². The van der Waals surface area contributed by atoms with E-state index in [2.05, 4.69) is 10.9 Å². The third-order valence-electron chi connectivity index (χ3n) is 2.12. The standard InChI is InChI=1S/C10H11BN2O2S/c1-3-7-6-13(5-4-8(11)15-2)10(14)12-9(7)16/h1,6,8H,4-5H2,2H3,(H,12,14,16)/t8-/m0/s1. The Morgan fingerprint density at radius 2 is 2.50 bits per heavy atom. The van der Waals surface area contributed by atoms with Crippen LogP contribution in [0.3, 0.4) is 0 Å². The zero-order valence-corrected chi connectivity index (χ0v) is 9.71. The molecule has 0 bridgehead atoms. The quantitative estimate of drug-likeness (QED) is 0.466. The Labute approximate surface area is 100 Å². The van der Waals surface area contributed by atoms with E-state index in [1.54, 1.807) is 6.20 Å². The molecule has 0 aliphatic rings. The molecule has 0 aliphatic heterocycles. The molecule has 0 saturated heterocycles. The molecule has 4 nitrogen and oxygen atoms in total. The number of methoxy groups -OCH3 is 1.